The van der Waals surface area contributed by atoms with E-state index in [1.165, 1.54) is 12.1 Å². The number of hydrogen-bond donors (Lipinski definition) is 4. The third-order valence-electron chi connectivity index (χ3n) is 4.39. The lowest BCUT2D eigenvalue weighted by molar-refractivity contribution is -0.192. The highest BCUT2D eigenvalue weighted by Gasteiger charge is 2.38. The molecule has 11 nitrogen and oxygen atoms in total. The molecule has 1 heterocycles. The van der Waals surface area contributed by atoms with E-state index in [0.29, 0.717) is 38.4 Å². The number of sulfonamides is 1. The van der Waals surface area contributed by atoms with Crippen molar-refractivity contribution in [3.05, 3.63) is 23.8 Å². The zero-order valence-electron chi connectivity index (χ0n) is 19.6. The average Bonchev–Trinajstić information content (AvgIpc) is 2.66. The summed E-state index contributed by atoms with van der Waals surface area (Å²) in [5, 5.41) is 19.5. The Bertz CT molecular complexity index is 1030. The summed E-state index contributed by atoms with van der Waals surface area (Å²) in [5.41, 5.74) is 0.370. The van der Waals surface area contributed by atoms with Crippen molar-refractivity contribution in [2.24, 2.45) is 0 Å². The minimum absolute atomic E-state index is 0.0229. The number of halogens is 3. The second-order valence-corrected chi connectivity index (χ2v) is 10.5. The van der Waals surface area contributed by atoms with Gasteiger partial charge in [0.05, 0.1) is 24.1 Å². The predicted molar refractivity (Wildman–Crippen MR) is 122 cm³/mol. The minimum atomic E-state index is -5.08. The number of aromatic carboxylic acids is 1. The molecule has 1 saturated heterocycles. The van der Waals surface area contributed by atoms with Gasteiger partial charge in [-0.25, -0.2) is 18.0 Å². The fraction of sp³-hybridized carbons (Fsp3) is 0.550. The maximum absolute atomic E-state index is 12.1. The Morgan fingerprint density at radius 2 is 1.54 bits per heavy atom. The summed E-state index contributed by atoms with van der Waals surface area (Å²) in [6, 6.07) is 4.63. The highest BCUT2D eigenvalue weighted by Crippen LogP contribution is 2.25. The molecule has 198 valence electrons. The zero-order valence-corrected chi connectivity index (χ0v) is 20.5. The van der Waals surface area contributed by atoms with Gasteiger partial charge in [-0.1, -0.05) is 0 Å². The molecular weight excluding hydrogens is 497 g/mol. The average molecular weight is 527 g/mol. The van der Waals surface area contributed by atoms with Crippen molar-refractivity contribution in [3.8, 4) is 0 Å². The van der Waals surface area contributed by atoms with E-state index in [4.69, 9.17) is 9.90 Å². The third kappa shape index (κ3) is 11.3. The number of hydrogen-bond acceptors (Lipinski definition) is 7. The first-order valence-corrected chi connectivity index (χ1v) is 12.1. The normalized spacial score (nSPS) is 15.0. The van der Waals surface area contributed by atoms with E-state index < -0.39 is 28.1 Å². The van der Waals surface area contributed by atoms with Crippen LogP contribution in [-0.4, -0.2) is 92.1 Å². The summed E-state index contributed by atoms with van der Waals surface area (Å²) in [4.78, 5) is 36.6. The predicted octanol–water partition coefficient (Wildman–Crippen LogP) is 1.43. The first-order chi connectivity index (χ1) is 15.8. The molecule has 35 heavy (non-hydrogen) atoms. The van der Waals surface area contributed by atoms with Crippen LogP contribution in [0.1, 0.15) is 31.1 Å². The number of benzene rings is 1. The second-order valence-electron chi connectivity index (χ2n) is 8.77. The van der Waals surface area contributed by atoms with Gasteiger partial charge in [-0.2, -0.15) is 13.2 Å². The summed E-state index contributed by atoms with van der Waals surface area (Å²) < 4.78 is 56.8. The molecule has 0 radical (unpaired) electrons. The first kappa shape index (κ1) is 30.0. The second kappa shape index (κ2) is 11.6. The molecular formula is C20H29F3N4O7S. The first-order valence-electron chi connectivity index (χ1n) is 10.2. The van der Waals surface area contributed by atoms with Crippen molar-refractivity contribution in [2.45, 2.75) is 32.5 Å². The van der Waals surface area contributed by atoms with Crippen molar-refractivity contribution in [1.29, 1.82) is 0 Å². The van der Waals surface area contributed by atoms with Gasteiger partial charge in [0, 0.05) is 37.4 Å². The van der Waals surface area contributed by atoms with Gasteiger partial charge in [0.1, 0.15) is 0 Å². The van der Waals surface area contributed by atoms with Crippen molar-refractivity contribution in [2.75, 3.05) is 48.6 Å². The Morgan fingerprint density at radius 3 is 1.94 bits per heavy atom. The number of carbonyl (C=O) groups is 3. The van der Waals surface area contributed by atoms with Crippen LogP contribution in [0.2, 0.25) is 0 Å². The van der Waals surface area contributed by atoms with Crippen molar-refractivity contribution >= 4 is 39.2 Å². The van der Waals surface area contributed by atoms with Gasteiger partial charge < -0.3 is 20.4 Å². The molecule has 4 N–H and O–H groups in total. The molecule has 1 aliphatic heterocycles. The van der Waals surface area contributed by atoms with Crippen molar-refractivity contribution in [3.63, 3.8) is 0 Å². The van der Waals surface area contributed by atoms with Crippen LogP contribution >= 0.6 is 0 Å². The number of amides is 1. The Morgan fingerprint density at radius 1 is 1.03 bits per heavy atom. The van der Waals surface area contributed by atoms with E-state index in [0.717, 1.165) is 6.26 Å². The molecule has 0 atom stereocenters. The lowest BCUT2D eigenvalue weighted by Gasteiger charge is -2.36. The highest BCUT2D eigenvalue weighted by molar-refractivity contribution is 7.92. The number of rotatable bonds is 6. The summed E-state index contributed by atoms with van der Waals surface area (Å²) in [6.45, 7) is 8.75. The van der Waals surface area contributed by atoms with Gasteiger partial charge >= 0.3 is 18.1 Å². The monoisotopic (exact) mass is 526 g/mol. The molecule has 1 aromatic carbocycles. The fourth-order valence-corrected chi connectivity index (χ4v) is 3.60. The van der Waals surface area contributed by atoms with E-state index in [1.54, 1.807) is 6.07 Å². The number of anilines is 2. The number of carboxylic acid groups (broad SMARTS) is 2. The van der Waals surface area contributed by atoms with Crippen LogP contribution in [0.3, 0.4) is 0 Å². The van der Waals surface area contributed by atoms with Gasteiger partial charge in [0.25, 0.3) is 0 Å². The SMILES string of the molecule is CC(C)(C)NC(=O)CN1CCN(c2ccc(NS(C)(=O)=O)c(C(=O)O)c2)CC1.O=C(O)C(F)(F)F. The van der Waals surface area contributed by atoms with E-state index in [2.05, 4.69) is 14.9 Å². The topological polar surface area (TPSA) is 156 Å². The Balaban J connectivity index is 0.000000762. The lowest BCUT2D eigenvalue weighted by Crippen LogP contribution is -2.51. The zero-order chi connectivity index (χ0) is 27.2. The Labute approximate surface area is 200 Å². The van der Waals surface area contributed by atoms with E-state index >= 15 is 0 Å². The highest BCUT2D eigenvalue weighted by atomic mass is 32.2. The van der Waals surface area contributed by atoms with Gasteiger partial charge in [0.15, 0.2) is 0 Å². The molecule has 0 aliphatic carbocycles. The summed E-state index contributed by atoms with van der Waals surface area (Å²) in [5.74, 6) is -3.98. The standard InChI is InChI=1S/C18H28N4O5S.C2HF3O2/c1-18(2,3)19-16(23)12-21-7-9-22(10-8-21)13-5-6-15(20-28(4,26)27)14(11-13)17(24)25;3-2(4,5)1(6)7/h5-6,11,20H,7-10,12H2,1-4H3,(H,19,23)(H,24,25);(H,6,7). The lowest BCUT2D eigenvalue weighted by atomic mass is 10.1. The number of carbonyl (C=O) groups excluding carboxylic acids is 1. The van der Waals surface area contributed by atoms with Crippen molar-refractivity contribution in [1.82, 2.24) is 10.2 Å². The van der Waals surface area contributed by atoms with E-state index in [1.807, 2.05) is 25.7 Å². The van der Waals surface area contributed by atoms with Crippen molar-refractivity contribution < 1.29 is 46.2 Å². The van der Waals surface area contributed by atoms with Crippen LogP contribution in [0, 0.1) is 0 Å². The maximum atomic E-state index is 12.1. The number of nitrogens with one attached hydrogen (secondary N) is 2. The molecule has 2 rings (SSSR count). The molecule has 15 heteroatoms. The summed E-state index contributed by atoms with van der Waals surface area (Å²) in [6.07, 6.45) is -4.11. The van der Waals surface area contributed by atoms with E-state index in [9.17, 15) is 36.3 Å². The Hall–Kier alpha value is -3.07. The van der Waals surface area contributed by atoms with Gasteiger partial charge in [-0.3, -0.25) is 14.4 Å². The number of alkyl halides is 3. The van der Waals surface area contributed by atoms with Crippen LogP contribution in [0.25, 0.3) is 0 Å². The van der Waals surface area contributed by atoms with E-state index in [-0.39, 0.29) is 22.7 Å². The van der Waals surface area contributed by atoms with Crippen LogP contribution in [0.5, 0.6) is 0 Å². The molecule has 1 aliphatic rings. The van der Waals surface area contributed by atoms with Crippen LogP contribution in [-0.2, 0) is 19.6 Å². The van der Waals surface area contributed by atoms with Gasteiger partial charge in [-0.15, -0.1) is 0 Å². The Kier molecular flexibility index (Phi) is 9.91. The third-order valence-corrected chi connectivity index (χ3v) is 4.98. The molecule has 0 bridgehead atoms. The fourth-order valence-electron chi connectivity index (χ4n) is 3.02. The summed E-state index contributed by atoms with van der Waals surface area (Å²) in [7, 11) is -3.57. The number of nitrogens with zero attached hydrogens (tertiary/aromatic N) is 2. The molecule has 0 unspecified atom stereocenters. The molecule has 1 aromatic rings. The molecule has 0 spiro atoms. The number of carboxylic acids is 2. The smallest absolute Gasteiger partial charge is 0.478 e. The molecule has 0 saturated carbocycles. The summed E-state index contributed by atoms with van der Waals surface area (Å²) >= 11 is 0. The molecule has 0 aromatic heterocycles. The van der Waals surface area contributed by atoms with Gasteiger partial charge in [-0.05, 0) is 39.0 Å². The van der Waals surface area contributed by atoms with Crippen LogP contribution in [0.4, 0.5) is 24.5 Å². The quantitative estimate of drug-likeness (QED) is 0.431. The maximum Gasteiger partial charge on any atom is 0.490 e. The number of piperazine rings is 1. The molecule has 1 amide bonds. The largest absolute Gasteiger partial charge is 0.490 e. The number of aliphatic carboxylic acids is 1. The van der Waals surface area contributed by atoms with Gasteiger partial charge in [0.2, 0.25) is 15.9 Å². The minimum Gasteiger partial charge on any atom is -0.478 e. The van der Waals surface area contributed by atoms with Crippen LogP contribution < -0.4 is 14.9 Å². The van der Waals surface area contributed by atoms with Crippen LogP contribution in [0.15, 0.2) is 18.2 Å². The molecule has 1 fully saturated rings.